The molecule has 168 valence electrons. The summed E-state index contributed by atoms with van der Waals surface area (Å²) in [7, 11) is 0. The first-order valence-electron chi connectivity index (χ1n) is 9.81. The van der Waals surface area contributed by atoms with Gasteiger partial charge in [-0.05, 0) is 39.1 Å². The summed E-state index contributed by atoms with van der Waals surface area (Å²) in [6, 6.07) is 5.67. The topological polar surface area (TPSA) is 126 Å². The van der Waals surface area contributed by atoms with Gasteiger partial charge in [0.25, 0.3) is 0 Å². The van der Waals surface area contributed by atoms with Gasteiger partial charge in [-0.1, -0.05) is 6.07 Å². The van der Waals surface area contributed by atoms with Crippen LogP contribution in [0, 0.1) is 11.3 Å². The van der Waals surface area contributed by atoms with Gasteiger partial charge < -0.3 is 20.1 Å². The van der Waals surface area contributed by atoms with Gasteiger partial charge in [0.2, 0.25) is 0 Å². The van der Waals surface area contributed by atoms with Gasteiger partial charge >= 0.3 is 12.2 Å². The Morgan fingerprint density at radius 2 is 2.09 bits per heavy atom. The number of nitrogens with zero attached hydrogens (tertiary/aromatic N) is 3. The van der Waals surface area contributed by atoms with Crippen LogP contribution < -0.4 is 15.4 Å². The number of thiophene rings is 2. The number of nitriles is 1. The monoisotopic (exact) mass is 473 g/mol. The van der Waals surface area contributed by atoms with Gasteiger partial charge in [-0.3, -0.25) is 0 Å². The fourth-order valence-corrected chi connectivity index (χ4v) is 4.71. The summed E-state index contributed by atoms with van der Waals surface area (Å²) < 4.78 is 11.2. The van der Waals surface area contributed by atoms with Crippen molar-refractivity contribution in [2.24, 2.45) is 0 Å². The predicted octanol–water partition coefficient (Wildman–Crippen LogP) is 4.37. The summed E-state index contributed by atoms with van der Waals surface area (Å²) in [5.74, 6) is 0.221. The largest absolute Gasteiger partial charge is 0.444 e. The molecule has 32 heavy (non-hydrogen) atoms. The van der Waals surface area contributed by atoms with E-state index in [0.717, 1.165) is 4.88 Å². The average molecular weight is 474 g/mol. The quantitative estimate of drug-likeness (QED) is 0.544. The standard InChI is InChI=1S/C21H23N5O4S2/c1-12(25-20(28)30-21(2,3)4)8-16-14(9-22)17-18(32-16)15(11-24-26-17)29-19(27)23-10-13-6-5-7-31-13/h5-7,11-12H,8,10H2,1-4H3,(H,23,27)(H,25,28)/t12-/m0/s1. The highest BCUT2D eigenvalue weighted by Gasteiger charge is 2.22. The van der Waals surface area contributed by atoms with Crippen LogP contribution in [0.15, 0.2) is 23.7 Å². The molecule has 0 aromatic carbocycles. The Labute approximate surface area is 193 Å². The molecule has 0 bridgehead atoms. The molecule has 9 nitrogen and oxygen atoms in total. The van der Waals surface area contributed by atoms with Gasteiger partial charge in [-0.25, -0.2) is 9.59 Å². The van der Waals surface area contributed by atoms with E-state index in [9.17, 15) is 14.9 Å². The number of hydrogen-bond donors (Lipinski definition) is 2. The normalized spacial score (nSPS) is 12.1. The first kappa shape index (κ1) is 23.4. The smallest absolute Gasteiger partial charge is 0.413 e. The molecule has 0 saturated heterocycles. The summed E-state index contributed by atoms with van der Waals surface area (Å²) >= 11 is 2.81. The zero-order valence-electron chi connectivity index (χ0n) is 18.1. The number of carbonyl (C=O) groups is 2. The van der Waals surface area contributed by atoms with E-state index in [4.69, 9.17) is 9.47 Å². The number of rotatable bonds is 6. The summed E-state index contributed by atoms with van der Waals surface area (Å²) in [5, 5.41) is 25.0. The number of fused-ring (bicyclic) bond motifs is 1. The van der Waals surface area contributed by atoms with Crippen LogP contribution in [-0.2, 0) is 17.7 Å². The van der Waals surface area contributed by atoms with Crippen molar-refractivity contribution in [1.29, 1.82) is 5.26 Å². The molecule has 0 unspecified atom stereocenters. The van der Waals surface area contributed by atoms with Crippen molar-refractivity contribution in [2.45, 2.75) is 52.3 Å². The Hall–Kier alpha value is -3.23. The van der Waals surface area contributed by atoms with Crippen LogP contribution in [0.2, 0.25) is 0 Å². The molecule has 1 atom stereocenters. The lowest BCUT2D eigenvalue weighted by Crippen LogP contribution is -2.38. The third-order valence-corrected chi connectivity index (χ3v) is 6.16. The number of ether oxygens (including phenoxy) is 2. The van der Waals surface area contributed by atoms with E-state index < -0.39 is 17.8 Å². The Balaban J connectivity index is 1.74. The SMILES string of the molecule is C[C@@H](Cc1sc2c(OC(=O)NCc3cccs3)cnnc2c1C#N)NC(=O)OC(C)(C)C. The zero-order chi connectivity index (χ0) is 23.3. The fraction of sp³-hybridized carbons (Fsp3) is 0.381. The van der Waals surface area contributed by atoms with Crippen molar-refractivity contribution >= 4 is 45.1 Å². The van der Waals surface area contributed by atoms with Crippen LogP contribution in [-0.4, -0.2) is 34.0 Å². The zero-order valence-corrected chi connectivity index (χ0v) is 19.7. The molecule has 0 aliphatic heterocycles. The minimum atomic E-state index is -0.624. The Morgan fingerprint density at radius 3 is 2.75 bits per heavy atom. The number of hydrogen-bond acceptors (Lipinski definition) is 9. The molecule has 0 radical (unpaired) electrons. The molecular formula is C21H23N5O4S2. The molecule has 0 spiro atoms. The summed E-state index contributed by atoms with van der Waals surface area (Å²) in [6.45, 7) is 7.52. The van der Waals surface area contributed by atoms with E-state index in [1.54, 1.807) is 20.8 Å². The van der Waals surface area contributed by atoms with Crippen LogP contribution in [0.4, 0.5) is 9.59 Å². The third kappa shape index (κ3) is 6.15. The molecule has 0 fully saturated rings. The summed E-state index contributed by atoms with van der Waals surface area (Å²) in [4.78, 5) is 26.0. The van der Waals surface area contributed by atoms with E-state index in [0.29, 0.717) is 33.6 Å². The second-order valence-electron chi connectivity index (χ2n) is 7.97. The highest BCUT2D eigenvalue weighted by molar-refractivity contribution is 7.19. The molecule has 3 aromatic rings. The maximum absolute atomic E-state index is 12.2. The lowest BCUT2D eigenvalue weighted by molar-refractivity contribution is 0.0508. The van der Waals surface area contributed by atoms with E-state index in [1.807, 2.05) is 24.4 Å². The maximum atomic E-state index is 12.2. The number of aromatic nitrogens is 2. The second kappa shape index (κ2) is 9.93. The average Bonchev–Trinajstić information content (AvgIpc) is 3.32. The molecule has 3 aromatic heterocycles. The molecule has 0 aliphatic rings. The molecular weight excluding hydrogens is 450 g/mol. The van der Waals surface area contributed by atoms with Crippen molar-refractivity contribution in [2.75, 3.05) is 0 Å². The number of amides is 2. The minimum Gasteiger partial charge on any atom is -0.444 e. The molecule has 11 heteroatoms. The van der Waals surface area contributed by atoms with Crippen molar-refractivity contribution in [3.8, 4) is 11.8 Å². The lowest BCUT2D eigenvalue weighted by atomic mass is 10.1. The van der Waals surface area contributed by atoms with Crippen LogP contribution in [0.5, 0.6) is 5.75 Å². The van der Waals surface area contributed by atoms with Crippen molar-refractivity contribution < 1.29 is 19.1 Å². The van der Waals surface area contributed by atoms with Gasteiger partial charge in [0.15, 0.2) is 5.75 Å². The first-order valence-corrected chi connectivity index (χ1v) is 11.5. The first-order chi connectivity index (χ1) is 15.2. The van der Waals surface area contributed by atoms with E-state index in [1.165, 1.54) is 28.9 Å². The van der Waals surface area contributed by atoms with Crippen molar-refractivity contribution in [1.82, 2.24) is 20.8 Å². The molecule has 2 amide bonds. The molecule has 3 rings (SSSR count). The Morgan fingerprint density at radius 1 is 1.31 bits per heavy atom. The molecule has 3 heterocycles. The number of carbonyl (C=O) groups excluding carboxylic acids is 2. The number of alkyl carbamates (subject to hydrolysis) is 1. The van der Waals surface area contributed by atoms with Crippen molar-refractivity contribution in [3.05, 3.63) is 39.0 Å². The Bertz CT molecular complexity index is 1150. The van der Waals surface area contributed by atoms with E-state index >= 15 is 0 Å². The second-order valence-corrected chi connectivity index (χ2v) is 10.1. The van der Waals surface area contributed by atoms with Crippen LogP contribution in [0.3, 0.4) is 0 Å². The maximum Gasteiger partial charge on any atom is 0.413 e. The fourth-order valence-electron chi connectivity index (χ4n) is 2.81. The van der Waals surface area contributed by atoms with Crippen molar-refractivity contribution in [3.63, 3.8) is 0 Å². The van der Waals surface area contributed by atoms with Crippen LogP contribution in [0.1, 0.15) is 43.0 Å². The third-order valence-electron chi connectivity index (χ3n) is 4.07. The highest BCUT2D eigenvalue weighted by atomic mass is 32.1. The van der Waals surface area contributed by atoms with Crippen LogP contribution >= 0.6 is 22.7 Å². The lowest BCUT2D eigenvalue weighted by Gasteiger charge is -2.21. The van der Waals surface area contributed by atoms with Gasteiger partial charge in [-0.15, -0.1) is 27.8 Å². The summed E-state index contributed by atoms with van der Waals surface area (Å²) in [6.07, 6.45) is 0.571. The molecule has 2 N–H and O–H groups in total. The summed E-state index contributed by atoms with van der Waals surface area (Å²) in [5.41, 5.74) is 0.103. The van der Waals surface area contributed by atoms with E-state index in [2.05, 4.69) is 26.9 Å². The highest BCUT2D eigenvalue weighted by Crippen LogP contribution is 2.36. The minimum absolute atomic E-state index is 0.221. The Kier molecular flexibility index (Phi) is 7.27. The predicted molar refractivity (Wildman–Crippen MR) is 122 cm³/mol. The molecule has 0 saturated carbocycles. The van der Waals surface area contributed by atoms with Gasteiger partial charge in [0.1, 0.15) is 21.9 Å². The van der Waals surface area contributed by atoms with Gasteiger partial charge in [0, 0.05) is 22.2 Å². The van der Waals surface area contributed by atoms with Crippen LogP contribution in [0.25, 0.3) is 10.2 Å². The number of nitrogens with one attached hydrogen (secondary N) is 2. The van der Waals surface area contributed by atoms with E-state index in [-0.39, 0.29) is 11.8 Å². The van der Waals surface area contributed by atoms with Gasteiger partial charge in [-0.2, -0.15) is 10.4 Å². The molecule has 0 aliphatic carbocycles. The van der Waals surface area contributed by atoms with Gasteiger partial charge in [0.05, 0.1) is 18.3 Å².